The summed E-state index contributed by atoms with van der Waals surface area (Å²) in [6.07, 6.45) is 1.66. The highest BCUT2D eigenvalue weighted by molar-refractivity contribution is 5.86. The topological polar surface area (TPSA) is 101 Å². The van der Waals surface area contributed by atoms with Crippen LogP contribution in [-0.4, -0.2) is 20.0 Å². The SMILES string of the molecule is Cc1ccc2ccc([C@H](Nc3cccc([N+](=O)[O-])c3)c3ccccn3)c(O)c2n1. The fourth-order valence-electron chi connectivity index (χ4n) is 3.25. The van der Waals surface area contributed by atoms with Gasteiger partial charge in [0, 0.05) is 40.7 Å². The van der Waals surface area contributed by atoms with Crippen LogP contribution in [0.4, 0.5) is 11.4 Å². The summed E-state index contributed by atoms with van der Waals surface area (Å²) in [7, 11) is 0. The fraction of sp³-hybridized carbons (Fsp3) is 0.0909. The summed E-state index contributed by atoms with van der Waals surface area (Å²) in [5.74, 6) is 0.0554. The molecule has 0 spiro atoms. The predicted octanol–water partition coefficient (Wildman–Crippen LogP) is 4.75. The van der Waals surface area contributed by atoms with Gasteiger partial charge in [0.2, 0.25) is 0 Å². The Balaban J connectivity index is 1.84. The van der Waals surface area contributed by atoms with Crippen molar-refractivity contribution in [3.63, 3.8) is 0 Å². The molecule has 0 amide bonds. The zero-order chi connectivity index (χ0) is 20.4. The van der Waals surface area contributed by atoms with Crippen molar-refractivity contribution < 1.29 is 10.0 Å². The molecule has 29 heavy (non-hydrogen) atoms. The number of benzene rings is 2. The van der Waals surface area contributed by atoms with Gasteiger partial charge in [-0.1, -0.05) is 30.3 Å². The second kappa shape index (κ2) is 7.55. The maximum Gasteiger partial charge on any atom is 0.271 e. The number of pyridine rings is 2. The van der Waals surface area contributed by atoms with Gasteiger partial charge in [0.05, 0.1) is 16.7 Å². The van der Waals surface area contributed by atoms with Gasteiger partial charge >= 0.3 is 0 Å². The maximum atomic E-state index is 11.1. The third-order valence-corrected chi connectivity index (χ3v) is 4.67. The molecule has 0 unspecified atom stereocenters. The van der Waals surface area contributed by atoms with Gasteiger partial charge < -0.3 is 10.4 Å². The zero-order valence-corrected chi connectivity index (χ0v) is 15.6. The van der Waals surface area contributed by atoms with Crippen LogP contribution in [0.2, 0.25) is 0 Å². The van der Waals surface area contributed by atoms with Gasteiger partial charge in [-0.25, -0.2) is 4.98 Å². The highest BCUT2D eigenvalue weighted by atomic mass is 16.6. The number of phenolic OH excluding ortho intramolecular Hbond substituents is 1. The molecule has 2 aromatic heterocycles. The van der Waals surface area contributed by atoms with E-state index in [9.17, 15) is 15.2 Å². The number of aryl methyl sites for hydroxylation is 1. The van der Waals surface area contributed by atoms with E-state index in [1.807, 2.05) is 43.3 Å². The van der Waals surface area contributed by atoms with Crippen LogP contribution in [0.15, 0.2) is 72.9 Å². The molecular formula is C22H18N4O3. The molecule has 0 radical (unpaired) electrons. The largest absolute Gasteiger partial charge is 0.505 e. The quantitative estimate of drug-likeness (QED) is 0.379. The van der Waals surface area contributed by atoms with Gasteiger partial charge in [-0.05, 0) is 31.2 Å². The van der Waals surface area contributed by atoms with E-state index in [0.29, 0.717) is 22.5 Å². The van der Waals surface area contributed by atoms with Crippen molar-refractivity contribution in [3.05, 3.63) is 100.0 Å². The van der Waals surface area contributed by atoms with E-state index in [2.05, 4.69) is 15.3 Å². The molecule has 0 saturated carbocycles. The molecule has 7 heteroatoms. The van der Waals surface area contributed by atoms with E-state index in [-0.39, 0.29) is 11.4 Å². The molecule has 0 fully saturated rings. The normalized spacial score (nSPS) is 11.9. The minimum Gasteiger partial charge on any atom is -0.505 e. The van der Waals surface area contributed by atoms with E-state index in [1.54, 1.807) is 24.4 Å². The van der Waals surface area contributed by atoms with Gasteiger partial charge in [-0.3, -0.25) is 15.1 Å². The van der Waals surface area contributed by atoms with Crippen LogP contribution in [0.5, 0.6) is 5.75 Å². The summed E-state index contributed by atoms with van der Waals surface area (Å²) in [4.78, 5) is 19.6. The van der Waals surface area contributed by atoms with Crippen LogP contribution < -0.4 is 5.32 Å². The first-order valence-electron chi connectivity index (χ1n) is 9.04. The molecule has 144 valence electrons. The molecule has 2 aromatic carbocycles. The number of nitro benzene ring substituents is 1. The lowest BCUT2D eigenvalue weighted by molar-refractivity contribution is -0.384. The molecule has 0 bridgehead atoms. The van der Waals surface area contributed by atoms with Crippen LogP contribution in [0, 0.1) is 17.0 Å². The molecule has 7 nitrogen and oxygen atoms in total. The Morgan fingerprint density at radius 1 is 1.07 bits per heavy atom. The lowest BCUT2D eigenvalue weighted by Crippen LogP contribution is -2.14. The van der Waals surface area contributed by atoms with Crippen molar-refractivity contribution in [2.24, 2.45) is 0 Å². The lowest BCUT2D eigenvalue weighted by Gasteiger charge is -2.21. The molecule has 0 aliphatic heterocycles. The second-order valence-corrected chi connectivity index (χ2v) is 6.67. The van der Waals surface area contributed by atoms with Crippen molar-refractivity contribution in [2.45, 2.75) is 13.0 Å². The van der Waals surface area contributed by atoms with E-state index in [0.717, 1.165) is 11.1 Å². The average Bonchev–Trinajstić information content (AvgIpc) is 2.74. The summed E-state index contributed by atoms with van der Waals surface area (Å²) in [6, 6.07) is 18.7. The number of aromatic hydroxyl groups is 1. The van der Waals surface area contributed by atoms with Crippen LogP contribution in [0.25, 0.3) is 10.9 Å². The number of nitrogens with zero attached hydrogens (tertiary/aromatic N) is 3. The standard InChI is InChI=1S/C22H18N4O3/c1-14-8-9-15-10-11-18(22(27)20(15)24-14)21(19-7-2-3-12-23-19)25-16-5-4-6-17(13-16)26(28)29/h2-13,21,25,27H,1H3/t21-/m0/s1. The Morgan fingerprint density at radius 2 is 1.90 bits per heavy atom. The Hall–Kier alpha value is -4.00. The number of hydrogen-bond donors (Lipinski definition) is 2. The van der Waals surface area contributed by atoms with E-state index >= 15 is 0 Å². The average molecular weight is 386 g/mol. The van der Waals surface area contributed by atoms with E-state index in [1.165, 1.54) is 12.1 Å². The predicted molar refractivity (Wildman–Crippen MR) is 111 cm³/mol. The minimum absolute atomic E-state index is 0.0187. The highest BCUT2D eigenvalue weighted by Crippen LogP contribution is 2.36. The Morgan fingerprint density at radius 3 is 2.66 bits per heavy atom. The summed E-state index contributed by atoms with van der Waals surface area (Å²) < 4.78 is 0. The number of fused-ring (bicyclic) bond motifs is 1. The lowest BCUT2D eigenvalue weighted by atomic mass is 9.99. The first-order valence-corrected chi connectivity index (χ1v) is 9.04. The number of rotatable bonds is 5. The van der Waals surface area contributed by atoms with E-state index in [4.69, 9.17) is 0 Å². The van der Waals surface area contributed by atoms with Gasteiger partial charge in [0.15, 0.2) is 0 Å². The first-order chi connectivity index (χ1) is 14.0. The van der Waals surface area contributed by atoms with Gasteiger partial charge in [-0.15, -0.1) is 0 Å². The monoisotopic (exact) mass is 386 g/mol. The second-order valence-electron chi connectivity index (χ2n) is 6.67. The third-order valence-electron chi connectivity index (χ3n) is 4.67. The molecule has 2 N–H and O–H groups in total. The van der Waals surface area contributed by atoms with Gasteiger partial charge in [0.25, 0.3) is 5.69 Å². The van der Waals surface area contributed by atoms with Crippen LogP contribution >= 0.6 is 0 Å². The summed E-state index contributed by atoms with van der Waals surface area (Å²) in [6.45, 7) is 1.86. The number of phenols is 1. The van der Waals surface area contributed by atoms with Crippen molar-refractivity contribution in [1.82, 2.24) is 9.97 Å². The number of aromatic nitrogens is 2. The van der Waals surface area contributed by atoms with Crippen LogP contribution in [0.3, 0.4) is 0 Å². The smallest absolute Gasteiger partial charge is 0.271 e. The molecule has 4 rings (SSSR count). The number of anilines is 1. The summed E-state index contributed by atoms with van der Waals surface area (Å²) in [5, 5.41) is 26.2. The number of hydrogen-bond acceptors (Lipinski definition) is 6. The highest BCUT2D eigenvalue weighted by Gasteiger charge is 2.21. The molecule has 4 aromatic rings. The number of nitro groups is 1. The summed E-state index contributed by atoms with van der Waals surface area (Å²) >= 11 is 0. The third kappa shape index (κ3) is 3.70. The molecule has 0 aliphatic carbocycles. The molecular weight excluding hydrogens is 368 g/mol. The van der Waals surface area contributed by atoms with Gasteiger partial charge in [-0.2, -0.15) is 0 Å². The number of non-ortho nitro benzene ring substituents is 1. The van der Waals surface area contributed by atoms with Crippen LogP contribution in [-0.2, 0) is 0 Å². The minimum atomic E-state index is -0.523. The molecule has 2 heterocycles. The summed E-state index contributed by atoms with van der Waals surface area (Å²) in [5.41, 5.74) is 3.08. The maximum absolute atomic E-state index is 11.1. The van der Waals surface area contributed by atoms with Crippen molar-refractivity contribution >= 4 is 22.3 Å². The molecule has 0 aliphatic rings. The van der Waals surface area contributed by atoms with E-state index < -0.39 is 11.0 Å². The Bertz CT molecular complexity index is 1200. The fourth-order valence-corrected chi connectivity index (χ4v) is 3.25. The Kier molecular flexibility index (Phi) is 4.78. The first kappa shape index (κ1) is 18.4. The van der Waals surface area contributed by atoms with Gasteiger partial charge in [0.1, 0.15) is 11.3 Å². The zero-order valence-electron chi connectivity index (χ0n) is 15.6. The molecule has 1 atom stereocenters. The molecule has 0 saturated heterocycles. The van der Waals surface area contributed by atoms with Crippen molar-refractivity contribution in [2.75, 3.05) is 5.32 Å². The Labute approximate surface area is 166 Å². The van der Waals surface area contributed by atoms with Crippen molar-refractivity contribution in [3.8, 4) is 5.75 Å². The van der Waals surface area contributed by atoms with Crippen LogP contribution in [0.1, 0.15) is 23.0 Å². The van der Waals surface area contributed by atoms with Crippen molar-refractivity contribution in [1.29, 1.82) is 0 Å². The number of nitrogens with one attached hydrogen (secondary N) is 1.